The molecule has 0 spiro atoms. The van der Waals surface area contributed by atoms with Crippen LogP contribution in [0.5, 0.6) is 0 Å². The number of anilines is 1. The maximum atomic E-state index is 11.8. The molecule has 0 saturated heterocycles. The van der Waals surface area contributed by atoms with Gasteiger partial charge >= 0.3 is 0 Å². The molecule has 1 aliphatic rings. The smallest absolute Gasteiger partial charge is 0.299 e. The Kier molecular flexibility index (Phi) is 3.10. The highest BCUT2D eigenvalue weighted by molar-refractivity contribution is 9.10. The Morgan fingerprint density at radius 1 is 1.47 bits per heavy atom. The number of carbonyl (C=O) groups is 2. The normalized spacial score (nSPS) is 14.2. The van der Waals surface area contributed by atoms with Crippen molar-refractivity contribution in [3.8, 4) is 0 Å². The lowest BCUT2D eigenvalue weighted by molar-refractivity contribution is -0.114. The zero-order chi connectivity index (χ0) is 12.7. The van der Waals surface area contributed by atoms with Crippen LogP contribution in [0.3, 0.4) is 0 Å². The minimum absolute atomic E-state index is 0.154. The number of fused-ring (bicyclic) bond motifs is 1. The lowest BCUT2D eigenvalue weighted by atomic mass is 10.1. The molecule has 0 N–H and O–H groups in total. The molecular weight excluding hydrogens is 305 g/mol. The van der Waals surface area contributed by atoms with Crippen molar-refractivity contribution >= 4 is 44.9 Å². The summed E-state index contributed by atoms with van der Waals surface area (Å²) in [6.07, 6.45) is 0. The van der Waals surface area contributed by atoms with Crippen LogP contribution in [-0.4, -0.2) is 18.2 Å². The fraction of sp³-hybridized carbons (Fsp3) is 0.167. The molecular formula is C12H9BrClNO2. The van der Waals surface area contributed by atoms with Crippen LogP contribution >= 0.6 is 27.5 Å². The van der Waals surface area contributed by atoms with Crippen molar-refractivity contribution in [2.24, 2.45) is 0 Å². The van der Waals surface area contributed by atoms with Gasteiger partial charge < -0.3 is 0 Å². The van der Waals surface area contributed by atoms with Crippen LogP contribution in [0.1, 0.15) is 15.9 Å². The minimum atomic E-state index is -0.553. The first-order valence-electron chi connectivity index (χ1n) is 4.91. The topological polar surface area (TPSA) is 37.4 Å². The van der Waals surface area contributed by atoms with Gasteiger partial charge in [-0.15, -0.1) is 0 Å². The molecule has 1 heterocycles. The second-order valence-electron chi connectivity index (χ2n) is 3.86. The zero-order valence-electron chi connectivity index (χ0n) is 9.09. The lowest BCUT2D eigenvalue weighted by Gasteiger charge is -2.17. The zero-order valence-corrected chi connectivity index (χ0v) is 11.4. The summed E-state index contributed by atoms with van der Waals surface area (Å²) in [6.45, 7) is 5.55. The van der Waals surface area contributed by atoms with E-state index in [9.17, 15) is 9.59 Å². The number of hydrogen-bond acceptors (Lipinski definition) is 2. The Morgan fingerprint density at radius 3 is 2.71 bits per heavy atom. The maximum absolute atomic E-state index is 11.8. The Balaban J connectivity index is 2.60. The average molecular weight is 315 g/mol. The Morgan fingerprint density at radius 2 is 2.12 bits per heavy atom. The number of amides is 1. The van der Waals surface area contributed by atoms with Crippen molar-refractivity contribution in [1.29, 1.82) is 0 Å². The molecule has 0 atom stereocenters. The molecule has 0 bridgehead atoms. The van der Waals surface area contributed by atoms with Crippen LogP contribution < -0.4 is 4.90 Å². The fourth-order valence-electron chi connectivity index (χ4n) is 1.93. The van der Waals surface area contributed by atoms with Gasteiger partial charge in [-0.2, -0.15) is 0 Å². The van der Waals surface area contributed by atoms with Crippen LogP contribution in [-0.2, 0) is 4.79 Å². The van der Waals surface area contributed by atoms with E-state index in [2.05, 4.69) is 22.5 Å². The molecule has 0 aliphatic carbocycles. The molecule has 0 radical (unpaired) electrons. The van der Waals surface area contributed by atoms with Gasteiger partial charge in [0.05, 0.1) is 17.8 Å². The van der Waals surface area contributed by atoms with Crippen molar-refractivity contribution in [3.05, 3.63) is 39.3 Å². The molecule has 2 rings (SSSR count). The highest BCUT2D eigenvalue weighted by atomic mass is 79.9. The van der Waals surface area contributed by atoms with Gasteiger partial charge in [0.2, 0.25) is 0 Å². The van der Waals surface area contributed by atoms with Crippen molar-refractivity contribution in [2.45, 2.75) is 6.92 Å². The summed E-state index contributed by atoms with van der Waals surface area (Å²) in [5.41, 5.74) is 1.90. The number of Topliss-reactive ketones (excluding diaryl/α,β-unsaturated/α-hetero) is 1. The van der Waals surface area contributed by atoms with E-state index in [4.69, 9.17) is 11.6 Å². The van der Waals surface area contributed by atoms with Crippen molar-refractivity contribution in [2.75, 3.05) is 11.4 Å². The molecule has 1 amide bonds. The first-order chi connectivity index (χ1) is 7.91. The van der Waals surface area contributed by atoms with E-state index in [-0.39, 0.29) is 6.54 Å². The summed E-state index contributed by atoms with van der Waals surface area (Å²) >= 11 is 9.02. The van der Waals surface area contributed by atoms with E-state index >= 15 is 0 Å². The van der Waals surface area contributed by atoms with E-state index < -0.39 is 11.7 Å². The summed E-state index contributed by atoms with van der Waals surface area (Å²) in [4.78, 5) is 25.0. The maximum Gasteiger partial charge on any atom is 0.299 e. The molecule has 1 aliphatic heterocycles. The molecule has 5 heteroatoms. The SMILES string of the molecule is C=C(Cl)CN1C(=O)C(=O)c2cc(Br)cc(C)c21. The molecule has 1 aromatic carbocycles. The number of benzene rings is 1. The Labute approximate surface area is 112 Å². The first-order valence-corrected chi connectivity index (χ1v) is 6.08. The van der Waals surface area contributed by atoms with Gasteiger partial charge in [-0.1, -0.05) is 34.1 Å². The van der Waals surface area contributed by atoms with E-state index in [1.165, 1.54) is 4.90 Å². The van der Waals surface area contributed by atoms with Crippen LogP contribution in [0.4, 0.5) is 5.69 Å². The number of rotatable bonds is 2. The van der Waals surface area contributed by atoms with E-state index in [1.807, 2.05) is 13.0 Å². The van der Waals surface area contributed by atoms with Gasteiger partial charge in [0.15, 0.2) is 0 Å². The molecule has 0 fully saturated rings. The van der Waals surface area contributed by atoms with Gasteiger partial charge in [-0.3, -0.25) is 14.5 Å². The largest absolute Gasteiger partial charge is 0.299 e. The molecule has 17 heavy (non-hydrogen) atoms. The number of carbonyl (C=O) groups excluding carboxylic acids is 2. The summed E-state index contributed by atoms with van der Waals surface area (Å²) in [5.74, 6) is -1.05. The number of halogens is 2. The average Bonchev–Trinajstić information content (AvgIpc) is 2.43. The third kappa shape index (κ3) is 2.03. The van der Waals surface area contributed by atoms with Gasteiger partial charge in [0.25, 0.3) is 11.7 Å². The van der Waals surface area contributed by atoms with Gasteiger partial charge in [-0.05, 0) is 24.6 Å². The number of aryl methyl sites for hydroxylation is 1. The summed E-state index contributed by atoms with van der Waals surface area (Å²) < 4.78 is 0.779. The predicted octanol–water partition coefficient (Wildman–Crippen LogP) is 3.04. The highest BCUT2D eigenvalue weighted by Crippen LogP contribution is 2.35. The van der Waals surface area contributed by atoms with Crippen molar-refractivity contribution < 1.29 is 9.59 Å². The fourth-order valence-corrected chi connectivity index (χ4v) is 2.62. The third-order valence-corrected chi connectivity index (χ3v) is 3.13. The molecule has 3 nitrogen and oxygen atoms in total. The number of nitrogens with zero attached hydrogens (tertiary/aromatic N) is 1. The van der Waals surface area contributed by atoms with Crippen molar-refractivity contribution in [1.82, 2.24) is 0 Å². The number of hydrogen-bond donors (Lipinski definition) is 0. The lowest BCUT2D eigenvalue weighted by Crippen LogP contribution is -2.31. The predicted molar refractivity (Wildman–Crippen MR) is 70.6 cm³/mol. The Hall–Kier alpha value is -1.13. The third-order valence-electron chi connectivity index (χ3n) is 2.55. The molecule has 0 aromatic heterocycles. The molecule has 88 valence electrons. The molecule has 0 saturated carbocycles. The van der Waals surface area contributed by atoms with Crippen LogP contribution in [0.2, 0.25) is 0 Å². The van der Waals surface area contributed by atoms with Gasteiger partial charge in [0, 0.05) is 9.51 Å². The number of ketones is 1. The van der Waals surface area contributed by atoms with Crippen LogP contribution in [0.25, 0.3) is 0 Å². The standard InChI is InChI=1S/C12H9BrClNO2/c1-6-3-8(13)4-9-10(6)15(5-7(2)14)12(17)11(9)16/h3-4H,2,5H2,1H3. The molecule has 0 unspecified atom stereocenters. The van der Waals surface area contributed by atoms with Crippen molar-refractivity contribution in [3.63, 3.8) is 0 Å². The second-order valence-corrected chi connectivity index (χ2v) is 5.31. The van der Waals surface area contributed by atoms with Gasteiger partial charge in [-0.25, -0.2) is 0 Å². The summed E-state index contributed by atoms with van der Waals surface area (Å²) in [7, 11) is 0. The van der Waals surface area contributed by atoms with E-state index in [1.54, 1.807) is 6.07 Å². The summed E-state index contributed by atoms with van der Waals surface area (Å²) in [5, 5.41) is 0.321. The van der Waals surface area contributed by atoms with Crippen LogP contribution in [0.15, 0.2) is 28.2 Å². The monoisotopic (exact) mass is 313 g/mol. The summed E-state index contributed by atoms with van der Waals surface area (Å²) in [6, 6.07) is 3.51. The first kappa shape index (κ1) is 12.3. The highest BCUT2D eigenvalue weighted by Gasteiger charge is 2.37. The minimum Gasteiger partial charge on any atom is -0.299 e. The molecule has 1 aromatic rings. The van der Waals surface area contributed by atoms with E-state index in [0.29, 0.717) is 16.3 Å². The second kappa shape index (κ2) is 4.27. The van der Waals surface area contributed by atoms with Crippen LogP contribution in [0, 0.1) is 6.92 Å². The quantitative estimate of drug-likeness (QED) is 0.787. The van der Waals surface area contributed by atoms with Gasteiger partial charge in [0.1, 0.15) is 0 Å². The Bertz CT molecular complexity index is 554. The van der Waals surface area contributed by atoms with E-state index in [0.717, 1.165) is 10.0 Å².